The molecule has 19 heavy (non-hydrogen) atoms. The van der Waals surface area contributed by atoms with Gasteiger partial charge in [0.2, 0.25) is 0 Å². The topological polar surface area (TPSA) is 32.7 Å². The fraction of sp³-hybridized carbons (Fsp3) is 0.600. The maximum Gasteiger partial charge on any atom is 0.0927 e. The molecule has 0 spiro atoms. The summed E-state index contributed by atoms with van der Waals surface area (Å²) < 4.78 is 6.63. The fourth-order valence-electron chi connectivity index (χ4n) is 2.50. The van der Waals surface area contributed by atoms with Gasteiger partial charge in [-0.3, -0.25) is 4.90 Å². The van der Waals surface area contributed by atoms with Crippen molar-refractivity contribution in [3.63, 3.8) is 0 Å². The Balaban J connectivity index is 1.92. The molecule has 1 aromatic rings. The molecule has 0 amide bonds. The van der Waals surface area contributed by atoms with E-state index in [9.17, 15) is 5.11 Å². The standard InChI is InChI=1S/C15H22BrNO2/c1-2-17(10-12-6-5-9-19-12)11-15(18)13-7-3-4-8-14(13)16/h3-4,7-8,12,15,18H,2,5-6,9-11H2,1H3. The molecule has 2 unspecified atom stereocenters. The van der Waals surface area contributed by atoms with Gasteiger partial charge < -0.3 is 9.84 Å². The Morgan fingerprint density at radius 3 is 2.89 bits per heavy atom. The van der Waals surface area contributed by atoms with Gasteiger partial charge in [-0.1, -0.05) is 41.1 Å². The van der Waals surface area contributed by atoms with Crippen molar-refractivity contribution in [1.29, 1.82) is 0 Å². The zero-order valence-corrected chi connectivity index (χ0v) is 13.0. The molecule has 1 aliphatic heterocycles. The minimum atomic E-state index is -0.461. The average molecular weight is 328 g/mol. The van der Waals surface area contributed by atoms with E-state index in [2.05, 4.69) is 27.8 Å². The van der Waals surface area contributed by atoms with Crippen molar-refractivity contribution in [2.45, 2.75) is 32.0 Å². The van der Waals surface area contributed by atoms with E-state index in [1.54, 1.807) is 0 Å². The molecule has 0 aliphatic carbocycles. The second kappa shape index (κ2) is 7.39. The summed E-state index contributed by atoms with van der Waals surface area (Å²) in [5, 5.41) is 10.4. The zero-order chi connectivity index (χ0) is 13.7. The first kappa shape index (κ1) is 15.0. The number of hydrogen-bond donors (Lipinski definition) is 1. The Kier molecular flexibility index (Phi) is 5.82. The van der Waals surface area contributed by atoms with E-state index in [0.29, 0.717) is 12.6 Å². The van der Waals surface area contributed by atoms with Crippen molar-refractivity contribution < 1.29 is 9.84 Å². The highest BCUT2D eigenvalue weighted by Crippen LogP contribution is 2.24. The highest BCUT2D eigenvalue weighted by molar-refractivity contribution is 9.10. The molecule has 1 fully saturated rings. The average Bonchev–Trinajstić information content (AvgIpc) is 2.91. The number of hydrogen-bond acceptors (Lipinski definition) is 3. The number of halogens is 1. The van der Waals surface area contributed by atoms with Crippen LogP contribution in [0, 0.1) is 0 Å². The number of likely N-dealkylation sites (N-methyl/N-ethyl adjacent to an activating group) is 1. The van der Waals surface area contributed by atoms with Crippen LogP contribution >= 0.6 is 15.9 Å². The second-order valence-electron chi connectivity index (χ2n) is 5.02. The first-order valence-electron chi connectivity index (χ1n) is 6.97. The summed E-state index contributed by atoms with van der Waals surface area (Å²) in [6.45, 7) is 5.51. The van der Waals surface area contributed by atoms with Gasteiger partial charge >= 0.3 is 0 Å². The van der Waals surface area contributed by atoms with E-state index in [0.717, 1.165) is 42.6 Å². The molecule has 1 saturated heterocycles. The number of nitrogens with zero attached hydrogens (tertiary/aromatic N) is 1. The number of rotatable bonds is 6. The van der Waals surface area contributed by atoms with Crippen molar-refractivity contribution in [3.8, 4) is 0 Å². The molecule has 1 aromatic carbocycles. The van der Waals surface area contributed by atoms with Crippen molar-refractivity contribution >= 4 is 15.9 Å². The van der Waals surface area contributed by atoms with Crippen LogP contribution in [-0.4, -0.2) is 42.4 Å². The lowest BCUT2D eigenvalue weighted by Crippen LogP contribution is -2.35. The maximum atomic E-state index is 10.4. The van der Waals surface area contributed by atoms with Crippen molar-refractivity contribution in [1.82, 2.24) is 4.90 Å². The quantitative estimate of drug-likeness (QED) is 0.871. The molecule has 2 atom stereocenters. The molecule has 0 aromatic heterocycles. The summed E-state index contributed by atoms with van der Waals surface area (Å²) in [5.74, 6) is 0. The van der Waals surface area contributed by atoms with Gasteiger partial charge in [-0.05, 0) is 31.0 Å². The summed E-state index contributed by atoms with van der Waals surface area (Å²) in [6, 6.07) is 7.85. The molecular formula is C15H22BrNO2. The minimum absolute atomic E-state index is 0.339. The van der Waals surface area contributed by atoms with E-state index in [4.69, 9.17) is 4.74 Å². The summed E-state index contributed by atoms with van der Waals surface area (Å²) in [5.41, 5.74) is 0.952. The molecule has 4 heteroatoms. The smallest absolute Gasteiger partial charge is 0.0927 e. The van der Waals surface area contributed by atoms with Crippen LogP contribution in [0.4, 0.5) is 0 Å². The Morgan fingerprint density at radius 2 is 2.26 bits per heavy atom. The van der Waals surface area contributed by atoms with Gasteiger partial charge in [-0.25, -0.2) is 0 Å². The lowest BCUT2D eigenvalue weighted by molar-refractivity contribution is 0.0514. The van der Waals surface area contributed by atoms with Crippen molar-refractivity contribution in [2.75, 3.05) is 26.2 Å². The van der Waals surface area contributed by atoms with Crippen LogP contribution in [0.3, 0.4) is 0 Å². The molecule has 3 nitrogen and oxygen atoms in total. The van der Waals surface area contributed by atoms with Crippen molar-refractivity contribution in [3.05, 3.63) is 34.3 Å². The SMILES string of the molecule is CCN(CC1CCCO1)CC(O)c1ccccc1Br. The number of benzene rings is 1. The van der Waals surface area contributed by atoms with Crippen LogP contribution in [0.1, 0.15) is 31.4 Å². The zero-order valence-electron chi connectivity index (χ0n) is 11.4. The van der Waals surface area contributed by atoms with Crippen LogP contribution in [0.15, 0.2) is 28.7 Å². The van der Waals surface area contributed by atoms with E-state index >= 15 is 0 Å². The fourth-order valence-corrected chi connectivity index (χ4v) is 3.05. The predicted molar refractivity (Wildman–Crippen MR) is 80.2 cm³/mol. The van der Waals surface area contributed by atoms with Gasteiger partial charge in [0.15, 0.2) is 0 Å². The first-order chi connectivity index (χ1) is 9.20. The molecular weight excluding hydrogens is 306 g/mol. The minimum Gasteiger partial charge on any atom is -0.387 e. The van der Waals surface area contributed by atoms with Gasteiger partial charge in [0.1, 0.15) is 0 Å². The van der Waals surface area contributed by atoms with Gasteiger partial charge in [0.05, 0.1) is 12.2 Å². The molecule has 1 aliphatic rings. The van der Waals surface area contributed by atoms with E-state index in [1.807, 2.05) is 24.3 Å². The molecule has 106 valence electrons. The predicted octanol–water partition coefficient (Wildman–Crippen LogP) is 2.98. The van der Waals surface area contributed by atoms with Crippen LogP contribution in [0.2, 0.25) is 0 Å². The maximum absolute atomic E-state index is 10.4. The van der Waals surface area contributed by atoms with Crippen molar-refractivity contribution in [2.24, 2.45) is 0 Å². The number of ether oxygens (including phenoxy) is 1. The molecule has 0 radical (unpaired) electrons. The molecule has 1 N–H and O–H groups in total. The lowest BCUT2D eigenvalue weighted by atomic mass is 10.1. The van der Waals surface area contributed by atoms with E-state index in [1.165, 1.54) is 0 Å². The van der Waals surface area contributed by atoms with Crippen LogP contribution in [0.5, 0.6) is 0 Å². The van der Waals surface area contributed by atoms with E-state index < -0.39 is 6.10 Å². The Bertz CT molecular complexity index is 393. The molecule has 1 heterocycles. The van der Waals surface area contributed by atoms with Gasteiger partial charge in [-0.2, -0.15) is 0 Å². The van der Waals surface area contributed by atoms with E-state index in [-0.39, 0.29) is 0 Å². The highest BCUT2D eigenvalue weighted by Gasteiger charge is 2.21. The van der Waals surface area contributed by atoms with Crippen LogP contribution < -0.4 is 0 Å². The Hall–Kier alpha value is -0.420. The molecule has 0 bridgehead atoms. The molecule has 0 saturated carbocycles. The summed E-state index contributed by atoms with van der Waals surface area (Å²) in [6.07, 6.45) is 2.18. The highest BCUT2D eigenvalue weighted by atomic mass is 79.9. The largest absolute Gasteiger partial charge is 0.387 e. The van der Waals surface area contributed by atoms with Crippen LogP contribution in [-0.2, 0) is 4.74 Å². The first-order valence-corrected chi connectivity index (χ1v) is 7.76. The number of aliphatic hydroxyl groups excluding tert-OH is 1. The van der Waals surface area contributed by atoms with Crippen LogP contribution in [0.25, 0.3) is 0 Å². The molecule has 2 rings (SSSR count). The normalized spacial score (nSPS) is 20.9. The number of aliphatic hydroxyl groups is 1. The Labute approximate surface area is 123 Å². The summed E-state index contributed by atoms with van der Waals surface area (Å²) in [4.78, 5) is 2.26. The van der Waals surface area contributed by atoms with Gasteiger partial charge in [0, 0.05) is 24.2 Å². The lowest BCUT2D eigenvalue weighted by Gasteiger charge is -2.26. The third-order valence-electron chi connectivity index (χ3n) is 3.63. The monoisotopic (exact) mass is 327 g/mol. The third kappa shape index (κ3) is 4.28. The summed E-state index contributed by atoms with van der Waals surface area (Å²) >= 11 is 3.49. The van der Waals surface area contributed by atoms with Gasteiger partial charge in [0.25, 0.3) is 0 Å². The Morgan fingerprint density at radius 1 is 1.47 bits per heavy atom. The summed E-state index contributed by atoms with van der Waals surface area (Å²) in [7, 11) is 0. The van der Waals surface area contributed by atoms with Gasteiger partial charge in [-0.15, -0.1) is 0 Å². The second-order valence-corrected chi connectivity index (χ2v) is 5.88. The third-order valence-corrected chi connectivity index (χ3v) is 4.35.